The molecule has 0 amide bonds. The summed E-state index contributed by atoms with van der Waals surface area (Å²) in [5.41, 5.74) is -3.94. The average molecular weight is 536 g/mol. The molecule has 0 aromatic rings. The summed E-state index contributed by atoms with van der Waals surface area (Å²) in [5.74, 6) is -1.24. The zero-order valence-electron chi connectivity index (χ0n) is 25.2. The first-order chi connectivity index (χ1) is 17.8. The van der Waals surface area contributed by atoms with Crippen LogP contribution in [0.3, 0.4) is 0 Å². The number of ether oxygens (including phenoxy) is 1. The molecule has 1 N–H and O–H groups in total. The number of carbonyl (C=O) groups excluding carboxylic acids is 3. The third-order valence-electron chi connectivity index (χ3n) is 12.9. The van der Waals surface area contributed by atoms with Gasteiger partial charge in [0, 0.05) is 16.7 Å². The van der Waals surface area contributed by atoms with Crippen molar-refractivity contribution in [1.82, 2.24) is 0 Å². The molecule has 1 spiro atoms. The number of allylic oxidation sites excluding steroid dienone is 3. The topological polar surface area (TPSA) is 104 Å². The molecule has 0 aromatic heterocycles. The largest absolute Gasteiger partial charge is 0.449 e. The van der Waals surface area contributed by atoms with Crippen molar-refractivity contribution in [2.75, 3.05) is 0 Å². The van der Waals surface area contributed by atoms with E-state index in [0.29, 0.717) is 32.1 Å². The van der Waals surface area contributed by atoms with Crippen LogP contribution in [0.4, 0.5) is 0 Å². The molecule has 39 heavy (non-hydrogen) atoms. The normalized spacial score (nSPS) is 47.7. The van der Waals surface area contributed by atoms with E-state index < -0.39 is 38.8 Å². The van der Waals surface area contributed by atoms with Gasteiger partial charge < -0.3 is 9.84 Å². The molecule has 5 aliphatic rings. The van der Waals surface area contributed by atoms with Crippen molar-refractivity contribution in [2.24, 2.45) is 44.3 Å². The number of esters is 1. The predicted molar refractivity (Wildman–Crippen MR) is 147 cm³/mol. The van der Waals surface area contributed by atoms with Gasteiger partial charge in [-0.25, -0.2) is 0 Å². The minimum absolute atomic E-state index is 0.0469. The second-order valence-corrected chi connectivity index (χ2v) is 15.5. The van der Waals surface area contributed by atoms with Crippen LogP contribution in [0.5, 0.6) is 0 Å². The zero-order valence-corrected chi connectivity index (χ0v) is 25.2. The number of carbonyl (C=O) groups is 3. The highest BCUT2D eigenvalue weighted by Gasteiger charge is 2.80. The Hall–Kier alpha value is -2.26. The fraction of sp³-hybridized carbons (Fsp3) is 0.758. The van der Waals surface area contributed by atoms with E-state index in [9.17, 15) is 24.8 Å². The number of rotatable bonds is 3. The summed E-state index contributed by atoms with van der Waals surface area (Å²) in [5, 5.41) is 20.9. The zero-order chi connectivity index (χ0) is 29.2. The fourth-order valence-electron chi connectivity index (χ4n) is 9.99. The number of fused-ring (bicyclic) bond motifs is 5. The van der Waals surface area contributed by atoms with E-state index in [1.54, 1.807) is 26.0 Å². The van der Waals surface area contributed by atoms with E-state index in [2.05, 4.69) is 47.6 Å². The number of hydrogen-bond acceptors (Lipinski definition) is 6. The van der Waals surface area contributed by atoms with Gasteiger partial charge in [-0.2, -0.15) is 5.26 Å². The monoisotopic (exact) mass is 535 g/mol. The Balaban J connectivity index is 1.70. The lowest BCUT2D eigenvalue weighted by Crippen LogP contribution is -2.70. The van der Waals surface area contributed by atoms with Crippen molar-refractivity contribution in [3.8, 4) is 6.07 Å². The highest BCUT2D eigenvalue weighted by atomic mass is 16.6. The first-order valence-electron chi connectivity index (χ1n) is 14.7. The Kier molecular flexibility index (Phi) is 5.75. The Bertz CT molecular complexity index is 1280. The molecular formula is C33H45NO5. The van der Waals surface area contributed by atoms with E-state index >= 15 is 0 Å². The van der Waals surface area contributed by atoms with Gasteiger partial charge in [-0.1, -0.05) is 54.5 Å². The molecular weight excluding hydrogens is 490 g/mol. The van der Waals surface area contributed by atoms with Gasteiger partial charge in [-0.15, -0.1) is 0 Å². The molecule has 9 atom stereocenters. The third kappa shape index (κ3) is 3.04. The summed E-state index contributed by atoms with van der Waals surface area (Å²) in [6.07, 6.45) is 6.84. The SMILES string of the molecule is CC(O)[C@]1(C)C(=O)C(C#N)=C[C@]2(C)C3=CC(=O)[C@@]45OC(=O)[C@@](CCC(C)(C)C)(CC[C@@]4(C)[C@]3(C)CCC12)C5C. The molecule has 1 heterocycles. The first kappa shape index (κ1) is 28.3. The Labute approximate surface area is 233 Å². The summed E-state index contributed by atoms with van der Waals surface area (Å²) in [4.78, 5) is 41.7. The van der Waals surface area contributed by atoms with Crippen LogP contribution in [0, 0.1) is 55.7 Å². The fourth-order valence-corrected chi connectivity index (χ4v) is 9.99. The number of aliphatic hydroxyl groups is 1. The van der Waals surface area contributed by atoms with Crippen molar-refractivity contribution in [3.63, 3.8) is 0 Å². The summed E-state index contributed by atoms with van der Waals surface area (Å²) in [7, 11) is 0. The van der Waals surface area contributed by atoms with Crippen LogP contribution in [0.25, 0.3) is 0 Å². The summed E-state index contributed by atoms with van der Waals surface area (Å²) in [6.45, 7) is 18.4. The van der Waals surface area contributed by atoms with Gasteiger partial charge in [0.15, 0.2) is 17.2 Å². The van der Waals surface area contributed by atoms with Crippen LogP contribution in [-0.2, 0) is 19.1 Å². The van der Waals surface area contributed by atoms with Crippen LogP contribution in [-0.4, -0.2) is 34.3 Å². The Morgan fingerprint density at radius 3 is 2.33 bits per heavy atom. The number of hydrogen-bond donors (Lipinski definition) is 1. The van der Waals surface area contributed by atoms with Crippen molar-refractivity contribution in [1.29, 1.82) is 5.26 Å². The van der Waals surface area contributed by atoms with Crippen molar-refractivity contribution in [3.05, 3.63) is 23.3 Å². The molecule has 0 aromatic carbocycles. The molecule has 2 saturated carbocycles. The predicted octanol–water partition coefficient (Wildman–Crippen LogP) is 5.88. The van der Waals surface area contributed by atoms with Crippen molar-refractivity contribution >= 4 is 17.5 Å². The first-order valence-corrected chi connectivity index (χ1v) is 14.7. The average Bonchev–Trinajstić information content (AvgIpc) is 2.99. The van der Waals surface area contributed by atoms with Gasteiger partial charge in [-0.3, -0.25) is 14.4 Å². The van der Waals surface area contributed by atoms with E-state index in [1.807, 2.05) is 6.92 Å². The van der Waals surface area contributed by atoms with Gasteiger partial charge in [-0.05, 0) is 80.8 Å². The van der Waals surface area contributed by atoms with Crippen LogP contribution in [0.2, 0.25) is 0 Å². The van der Waals surface area contributed by atoms with E-state index in [-0.39, 0.29) is 40.4 Å². The summed E-state index contributed by atoms with van der Waals surface area (Å²) >= 11 is 0. The summed E-state index contributed by atoms with van der Waals surface area (Å²) < 4.78 is 6.40. The van der Waals surface area contributed by atoms with Crippen LogP contribution in [0.1, 0.15) is 101 Å². The third-order valence-corrected chi connectivity index (χ3v) is 12.9. The highest BCUT2D eigenvalue weighted by Crippen LogP contribution is 2.77. The number of ketones is 2. The molecule has 1 aliphatic heterocycles. The lowest BCUT2D eigenvalue weighted by molar-refractivity contribution is -0.200. The number of Topliss-reactive ketones (excluding diaryl/α,β-unsaturated/α-hetero) is 1. The second-order valence-electron chi connectivity index (χ2n) is 15.5. The van der Waals surface area contributed by atoms with Gasteiger partial charge >= 0.3 is 5.97 Å². The van der Waals surface area contributed by atoms with Crippen molar-refractivity contribution in [2.45, 2.75) is 113 Å². The number of nitrogens with zero attached hydrogens (tertiary/aromatic N) is 1. The number of aliphatic hydroxyl groups excluding tert-OH is 1. The smallest absolute Gasteiger partial charge is 0.313 e. The molecule has 5 rings (SSSR count). The second kappa shape index (κ2) is 7.93. The van der Waals surface area contributed by atoms with Crippen molar-refractivity contribution < 1.29 is 24.2 Å². The van der Waals surface area contributed by atoms with Crippen LogP contribution >= 0.6 is 0 Å². The minimum Gasteiger partial charge on any atom is -0.449 e. The Morgan fingerprint density at radius 2 is 1.77 bits per heavy atom. The van der Waals surface area contributed by atoms with E-state index in [0.717, 1.165) is 12.0 Å². The molecule has 2 bridgehead atoms. The van der Waals surface area contributed by atoms with Crippen LogP contribution < -0.4 is 0 Å². The summed E-state index contributed by atoms with van der Waals surface area (Å²) in [6, 6.07) is 2.10. The molecule has 6 nitrogen and oxygen atoms in total. The molecule has 4 aliphatic carbocycles. The molecule has 1 saturated heterocycles. The van der Waals surface area contributed by atoms with Gasteiger partial charge in [0.2, 0.25) is 0 Å². The maximum Gasteiger partial charge on any atom is 0.313 e. The maximum absolute atomic E-state index is 14.5. The lowest BCUT2D eigenvalue weighted by Gasteiger charge is -2.68. The van der Waals surface area contributed by atoms with Gasteiger partial charge in [0.25, 0.3) is 0 Å². The standard InChI is InChI=1S/C33H45NO5/c1-19-32(14-12-27(3,4)5)15-13-30(8)29(7)11-10-22-28(6,17-21(18-34)25(37)31(22,9)20(2)35)23(29)16-24(36)33(19,30)39-26(32)38/h16-17,19-20,22,35H,10-15H2,1-9H3/t19?,20?,22?,28-,29+,30-,31-,32-,33+/m0/s1. The van der Waals surface area contributed by atoms with Crippen LogP contribution in [0.15, 0.2) is 23.3 Å². The molecule has 3 fully saturated rings. The van der Waals surface area contributed by atoms with E-state index in [1.165, 1.54) is 0 Å². The molecule has 212 valence electrons. The highest BCUT2D eigenvalue weighted by molar-refractivity contribution is 6.07. The van der Waals surface area contributed by atoms with Gasteiger partial charge in [0.1, 0.15) is 6.07 Å². The Morgan fingerprint density at radius 1 is 1.13 bits per heavy atom. The van der Waals surface area contributed by atoms with Gasteiger partial charge in [0.05, 0.1) is 22.5 Å². The quantitative estimate of drug-likeness (QED) is 0.453. The number of nitriles is 1. The molecule has 6 heteroatoms. The van der Waals surface area contributed by atoms with E-state index in [4.69, 9.17) is 4.74 Å². The molecule has 0 radical (unpaired) electrons. The lowest BCUT2D eigenvalue weighted by atomic mass is 9.34. The molecule has 3 unspecified atom stereocenters. The maximum atomic E-state index is 14.5. The minimum atomic E-state index is -1.23.